The van der Waals surface area contributed by atoms with Crippen LogP contribution in [0.4, 0.5) is 0 Å². The maximum Gasteiger partial charge on any atom is 0.238 e. The van der Waals surface area contributed by atoms with Gasteiger partial charge in [-0.15, -0.1) is 0 Å². The fourth-order valence-electron chi connectivity index (χ4n) is 14.2. The largest absolute Gasteiger partial charge is 0.454 e. The minimum absolute atomic E-state index is 0.523. The summed E-state index contributed by atoms with van der Waals surface area (Å²) in [5, 5.41) is 8.57. The molecule has 20 aromatic rings. The second-order valence-corrected chi connectivity index (χ2v) is 24.9. The molecular formula is C90H56N8O2. The molecular weight excluding hydrogens is 1230 g/mol. The van der Waals surface area contributed by atoms with Crippen LogP contribution < -0.4 is 0 Å². The summed E-state index contributed by atoms with van der Waals surface area (Å²) in [5.74, 6) is 3.43. The molecule has 14 aromatic carbocycles. The van der Waals surface area contributed by atoms with Gasteiger partial charge in [-0.05, 0) is 81.4 Å². The number of fused-ring (bicyclic) bond motifs is 14. The quantitative estimate of drug-likeness (QED) is 0.133. The molecule has 0 saturated heterocycles. The van der Waals surface area contributed by atoms with Gasteiger partial charge in [0.15, 0.2) is 34.5 Å². The molecule has 10 heteroatoms. The van der Waals surface area contributed by atoms with Crippen molar-refractivity contribution >= 4 is 87.5 Å². The van der Waals surface area contributed by atoms with E-state index in [0.29, 0.717) is 35.2 Å². The van der Waals surface area contributed by atoms with E-state index in [-0.39, 0.29) is 0 Å². The third-order valence-electron chi connectivity index (χ3n) is 18.9. The van der Waals surface area contributed by atoms with E-state index < -0.39 is 0 Å². The molecule has 0 N–H and O–H groups in total. The Kier molecular flexibility index (Phi) is 14.0. The summed E-state index contributed by atoms with van der Waals surface area (Å²) in [4.78, 5) is 31.2. The van der Waals surface area contributed by atoms with Crippen molar-refractivity contribution in [2.75, 3.05) is 0 Å². The fourth-order valence-corrected chi connectivity index (χ4v) is 14.2. The number of hydrogen-bond acceptors (Lipinski definition) is 8. The highest BCUT2D eigenvalue weighted by molar-refractivity contribution is 6.24. The van der Waals surface area contributed by atoms with Crippen LogP contribution in [0.1, 0.15) is 0 Å². The molecule has 0 bridgehead atoms. The minimum atomic E-state index is 0.523. The zero-order chi connectivity index (χ0) is 66.0. The van der Waals surface area contributed by atoms with Crippen LogP contribution in [-0.4, -0.2) is 39.0 Å². The fraction of sp³-hybridized carbons (Fsp3) is 0. The van der Waals surface area contributed by atoms with Crippen molar-refractivity contribution in [3.8, 4) is 102 Å². The van der Waals surface area contributed by atoms with Crippen molar-refractivity contribution in [2.45, 2.75) is 0 Å². The Labute approximate surface area is 573 Å². The van der Waals surface area contributed by atoms with Crippen LogP contribution in [0, 0.1) is 0 Å². The summed E-state index contributed by atoms with van der Waals surface area (Å²) >= 11 is 0. The second kappa shape index (κ2) is 24.2. The molecule has 0 radical (unpaired) electrons. The van der Waals surface area contributed by atoms with E-state index in [0.717, 1.165) is 154 Å². The first kappa shape index (κ1) is 57.7. The molecule has 100 heavy (non-hydrogen) atoms. The lowest BCUT2D eigenvalue weighted by atomic mass is 10.0. The molecule has 468 valence electrons. The normalized spacial score (nSPS) is 11.6. The Morgan fingerprint density at radius 2 is 0.530 bits per heavy atom. The molecule has 0 aliphatic rings. The Morgan fingerprint density at radius 3 is 1.02 bits per heavy atom. The first-order chi connectivity index (χ1) is 49.6. The summed E-state index contributed by atoms with van der Waals surface area (Å²) in [7, 11) is 0. The molecule has 0 unspecified atom stereocenters. The Morgan fingerprint density at radius 1 is 0.200 bits per heavy atom. The van der Waals surface area contributed by atoms with Crippen molar-refractivity contribution in [3.05, 3.63) is 340 Å². The van der Waals surface area contributed by atoms with Crippen LogP contribution in [-0.2, 0) is 0 Å². The number of furan rings is 2. The molecule has 0 fully saturated rings. The van der Waals surface area contributed by atoms with Gasteiger partial charge in [0.1, 0.15) is 22.2 Å². The lowest BCUT2D eigenvalue weighted by molar-refractivity contribution is 0.670. The van der Waals surface area contributed by atoms with Crippen LogP contribution in [0.5, 0.6) is 0 Å². The van der Waals surface area contributed by atoms with Gasteiger partial charge in [-0.3, -0.25) is 9.13 Å². The third-order valence-corrected chi connectivity index (χ3v) is 18.9. The van der Waals surface area contributed by atoms with Crippen LogP contribution >= 0.6 is 0 Å². The van der Waals surface area contributed by atoms with Crippen LogP contribution in [0.15, 0.2) is 349 Å². The summed E-state index contributed by atoms with van der Waals surface area (Å²) in [6.45, 7) is 0. The number of rotatable bonds is 10. The van der Waals surface area contributed by atoms with Crippen molar-refractivity contribution < 1.29 is 8.83 Å². The maximum absolute atomic E-state index is 6.71. The molecule has 20 rings (SSSR count). The van der Waals surface area contributed by atoms with Gasteiger partial charge in [-0.1, -0.05) is 297 Å². The van der Waals surface area contributed by atoms with E-state index in [1.165, 1.54) is 0 Å². The number of hydrogen-bond donors (Lipinski definition) is 0. The second-order valence-electron chi connectivity index (χ2n) is 24.9. The van der Waals surface area contributed by atoms with Crippen molar-refractivity contribution in [2.24, 2.45) is 0 Å². The van der Waals surface area contributed by atoms with Gasteiger partial charge in [-0.2, -0.15) is 19.9 Å². The molecule has 0 saturated carbocycles. The number of aromatic nitrogens is 8. The molecule has 6 aromatic heterocycles. The summed E-state index contributed by atoms with van der Waals surface area (Å²) in [6.07, 6.45) is 0. The first-order valence-electron chi connectivity index (χ1n) is 33.4. The smallest absolute Gasteiger partial charge is 0.238 e. The van der Waals surface area contributed by atoms with Gasteiger partial charge >= 0.3 is 0 Å². The minimum Gasteiger partial charge on any atom is -0.454 e. The predicted octanol–water partition coefficient (Wildman–Crippen LogP) is 23.1. The number of benzene rings is 14. The molecule has 6 heterocycles. The first-order valence-corrected chi connectivity index (χ1v) is 33.4. The van der Waals surface area contributed by atoms with Crippen molar-refractivity contribution in [3.63, 3.8) is 0 Å². The maximum atomic E-state index is 6.71. The average molecular weight is 1280 g/mol. The average Bonchev–Trinajstić information content (AvgIpc) is 1.55. The highest BCUT2D eigenvalue weighted by atomic mass is 16.3. The summed E-state index contributed by atoms with van der Waals surface area (Å²) in [6, 6.07) is 117. The Bertz CT molecular complexity index is 6510. The molecule has 0 amide bonds. The van der Waals surface area contributed by atoms with Gasteiger partial charge in [0.2, 0.25) is 11.9 Å². The van der Waals surface area contributed by atoms with Gasteiger partial charge in [0.05, 0.1) is 11.0 Å². The van der Waals surface area contributed by atoms with E-state index in [2.05, 4.69) is 240 Å². The highest BCUT2D eigenvalue weighted by Gasteiger charge is 2.26. The summed E-state index contributed by atoms with van der Waals surface area (Å²) in [5.41, 5.74) is 19.7. The van der Waals surface area contributed by atoms with Crippen LogP contribution in [0.2, 0.25) is 0 Å². The lowest BCUT2D eigenvalue weighted by Gasteiger charge is -2.13. The van der Waals surface area contributed by atoms with E-state index >= 15 is 0 Å². The topological polar surface area (TPSA) is 113 Å². The predicted molar refractivity (Wildman–Crippen MR) is 406 cm³/mol. The molecule has 0 atom stereocenters. The van der Waals surface area contributed by atoms with Gasteiger partial charge in [0, 0.05) is 70.9 Å². The van der Waals surface area contributed by atoms with Gasteiger partial charge in [-0.25, -0.2) is 9.97 Å². The zero-order valence-corrected chi connectivity index (χ0v) is 53.7. The molecule has 0 spiro atoms. The standard InChI is InChI=1S/2C45H28N4O/c1-4-14-29(15-5-1)32-20-12-21-33(28-32)44-46-43(31-18-8-3-9-19-31)47-45(48-44)49-40-34(30-16-6-2-7-17-30)23-13-24-36(40)37-26-27-38-35-22-10-11-25-39(35)50-42(38)41(37)49;1-4-13-29(14-5-1)32-19-12-20-34(27-32)44-46-43(31-17-8-3-9-18-31)47-45(48-44)49-39-28-33(30-15-6-2-7-16-30)23-24-35(39)37-25-26-38-36-21-10-11-22-40(36)50-42(38)41(37)49/h2*1-28H. The monoisotopic (exact) mass is 1280 g/mol. The van der Waals surface area contributed by atoms with Crippen molar-refractivity contribution in [1.82, 2.24) is 39.0 Å². The Hall–Kier alpha value is -13.7. The van der Waals surface area contributed by atoms with Crippen LogP contribution in [0.3, 0.4) is 0 Å². The van der Waals surface area contributed by atoms with Crippen molar-refractivity contribution in [1.29, 1.82) is 0 Å². The van der Waals surface area contributed by atoms with E-state index in [1.807, 2.05) is 109 Å². The number of nitrogens with zero attached hydrogens (tertiary/aromatic N) is 8. The van der Waals surface area contributed by atoms with E-state index in [9.17, 15) is 0 Å². The van der Waals surface area contributed by atoms with Gasteiger partial charge in [0.25, 0.3) is 0 Å². The van der Waals surface area contributed by atoms with E-state index in [1.54, 1.807) is 0 Å². The highest BCUT2D eigenvalue weighted by Crippen LogP contribution is 2.45. The third kappa shape index (κ3) is 10.0. The number of para-hydroxylation sites is 3. The SMILES string of the molecule is c1ccc(-c2cccc(-c3nc(-c4ccccc4)nc(-n4c5c(-c6ccccc6)cccc5c5ccc6c7ccccc7oc6c54)n3)c2)cc1.c1ccc(-c2cccc(-c3nc(-c4ccccc4)nc(-n4c5cc(-c6ccccc6)ccc5c5ccc6c7ccccc7oc6c54)n3)c2)cc1. The van der Waals surface area contributed by atoms with E-state index in [4.69, 9.17) is 38.7 Å². The van der Waals surface area contributed by atoms with Crippen LogP contribution in [0.25, 0.3) is 189 Å². The van der Waals surface area contributed by atoms with Gasteiger partial charge < -0.3 is 8.83 Å². The lowest BCUT2D eigenvalue weighted by Crippen LogP contribution is -2.07. The molecule has 0 aliphatic heterocycles. The zero-order valence-electron chi connectivity index (χ0n) is 53.7. The molecule has 0 aliphatic carbocycles. The Balaban J connectivity index is 0.000000139. The molecule has 10 nitrogen and oxygen atoms in total. The summed E-state index contributed by atoms with van der Waals surface area (Å²) < 4.78 is 17.7.